The van der Waals surface area contributed by atoms with Crippen molar-refractivity contribution in [3.8, 4) is 0 Å². The predicted octanol–water partition coefficient (Wildman–Crippen LogP) is 2.00. The first-order valence-electron chi connectivity index (χ1n) is 10.3. The number of hydrogen-bond acceptors (Lipinski definition) is 7. The average molecular weight is 477 g/mol. The summed E-state index contributed by atoms with van der Waals surface area (Å²) in [6, 6.07) is 4.40. The number of benzene rings is 1. The Labute approximate surface area is 195 Å². The summed E-state index contributed by atoms with van der Waals surface area (Å²) in [7, 11) is 0. The van der Waals surface area contributed by atoms with Gasteiger partial charge in [0, 0.05) is 18.4 Å². The van der Waals surface area contributed by atoms with Gasteiger partial charge in [0.05, 0.1) is 17.1 Å². The lowest BCUT2D eigenvalue weighted by Crippen LogP contribution is -2.45. The summed E-state index contributed by atoms with van der Waals surface area (Å²) < 4.78 is 11.6. The topological polar surface area (TPSA) is 142 Å². The van der Waals surface area contributed by atoms with E-state index >= 15 is 0 Å². The van der Waals surface area contributed by atoms with E-state index in [-0.39, 0.29) is 22.7 Å². The van der Waals surface area contributed by atoms with Crippen molar-refractivity contribution in [2.24, 2.45) is 0 Å². The minimum absolute atomic E-state index is 0.0293. The number of hydrogen-bond donors (Lipinski definition) is 3. The fourth-order valence-corrected chi connectivity index (χ4v) is 3.53. The molecule has 2 heterocycles. The Bertz CT molecular complexity index is 1150. The van der Waals surface area contributed by atoms with Crippen molar-refractivity contribution in [1.29, 1.82) is 0 Å². The van der Waals surface area contributed by atoms with Crippen LogP contribution in [0.2, 0.25) is 5.02 Å². The Morgan fingerprint density at radius 3 is 2.73 bits per heavy atom. The summed E-state index contributed by atoms with van der Waals surface area (Å²) in [6.45, 7) is 5.24. The van der Waals surface area contributed by atoms with Gasteiger partial charge < -0.3 is 30.4 Å². The van der Waals surface area contributed by atoms with E-state index in [9.17, 15) is 19.2 Å². The number of aryl methyl sites for hydroxylation is 1. The minimum atomic E-state index is -0.933. The molecular formula is C22H25ClN4O6. The first kappa shape index (κ1) is 24.3. The van der Waals surface area contributed by atoms with Gasteiger partial charge >= 0.3 is 5.97 Å². The van der Waals surface area contributed by atoms with Crippen molar-refractivity contribution >= 4 is 40.8 Å². The van der Waals surface area contributed by atoms with E-state index in [4.69, 9.17) is 26.8 Å². The number of pyridine rings is 1. The van der Waals surface area contributed by atoms with E-state index in [0.29, 0.717) is 17.9 Å². The van der Waals surface area contributed by atoms with E-state index in [1.807, 2.05) is 0 Å². The molecule has 1 saturated heterocycles. The standard InChI is InChI=1S/C22H25ClN4O6/c1-4-32-22-16(10-17(28)33-22)25-19(29)12(3)27-8-7-11(2)18(21(27)31)26-20(30)13-5-6-15(24)14(23)9-13/h5-9,12,16,22H,4,10,24H2,1-3H3,(H,25,29)(H,26,30)/t12?,16-,22?/m0/s1. The molecule has 1 aliphatic heterocycles. The molecule has 0 aliphatic carbocycles. The van der Waals surface area contributed by atoms with Crippen LogP contribution in [0.15, 0.2) is 35.3 Å². The third-order valence-electron chi connectivity index (χ3n) is 5.25. The molecule has 0 bridgehead atoms. The van der Waals surface area contributed by atoms with Crippen molar-refractivity contribution in [3.05, 3.63) is 57.0 Å². The monoisotopic (exact) mass is 476 g/mol. The molecule has 0 spiro atoms. The van der Waals surface area contributed by atoms with Crippen LogP contribution >= 0.6 is 11.6 Å². The van der Waals surface area contributed by atoms with E-state index < -0.39 is 41.7 Å². The zero-order valence-electron chi connectivity index (χ0n) is 18.4. The molecule has 2 unspecified atom stereocenters. The average Bonchev–Trinajstić information content (AvgIpc) is 3.11. The molecule has 1 aliphatic rings. The van der Waals surface area contributed by atoms with Crippen molar-refractivity contribution in [2.45, 2.75) is 45.6 Å². The Morgan fingerprint density at radius 2 is 2.06 bits per heavy atom. The molecular weight excluding hydrogens is 452 g/mol. The van der Waals surface area contributed by atoms with Gasteiger partial charge in [-0.2, -0.15) is 0 Å². The number of ether oxygens (including phenoxy) is 2. The van der Waals surface area contributed by atoms with Crippen LogP contribution in [-0.4, -0.2) is 41.3 Å². The number of amides is 2. The van der Waals surface area contributed by atoms with Crippen molar-refractivity contribution in [1.82, 2.24) is 9.88 Å². The Hall–Kier alpha value is -3.37. The molecule has 1 aromatic carbocycles. The van der Waals surface area contributed by atoms with E-state index in [2.05, 4.69) is 10.6 Å². The van der Waals surface area contributed by atoms with Gasteiger partial charge in [0.15, 0.2) is 0 Å². The van der Waals surface area contributed by atoms with E-state index in [0.717, 1.165) is 0 Å². The van der Waals surface area contributed by atoms with Crippen LogP contribution in [-0.2, 0) is 19.1 Å². The summed E-state index contributed by atoms with van der Waals surface area (Å²) >= 11 is 5.98. The summed E-state index contributed by atoms with van der Waals surface area (Å²) in [6.07, 6.45) is 0.556. The van der Waals surface area contributed by atoms with Crippen LogP contribution in [0.5, 0.6) is 0 Å². The molecule has 1 aromatic heterocycles. The molecule has 2 amide bonds. The number of nitrogens with one attached hydrogen (secondary N) is 2. The third-order valence-corrected chi connectivity index (χ3v) is 5.57. The first-order valence-corrected chi connectivity index (χ1v) is 10.7. The SMILES string of the molecule is CCOC1OC(=O)C[C@@H]1NC(=O)C(C)n1ccc(C)c(NC(=O)c2ccc(N)c(Cl)c2)c1=O. The number of esters is 1. The number of carbonyl (C=O) groups excluding carboxylic acids is 3. The largest absolute Gasteiger partial charge is 0.433 e. The number of nitrogen functional groups attached to an aromatic ring is 1. The fourth-order valence-electron chi connectivity index (χ4n) is 3.35. The van der Waals surface area contributed by atoms with E-state index in [1.165, 1.54) is 35.9 Å². The smallest absolute Gasteiger partial charge is 0.310 e. The highest BCUT2D eigenvalue weighted by Crippen LogP contribution is 2.21. The Kier molecular flexibility index (Phi) is 7.39. The van der Waals surface area contributed by atoms with Gasteiger partial charge in [-0.25, -0.2) is 0 Å². The summed E-state index contributed by atoms with van der Waals surface area (Å²) in [4.78, 5) is 50.2. The van der Waals surface area contributed by atoms with E-state index in [1.54, 1.807) is 19.9 Å². The summed E-state index contributed by atoms with van der Waals surface area (Å²) in [5.41, 5.74) is 6.21. The summed E-state index contributed by atoms with van der Waals surface area (Å²) in [5, 5.41) is 5.51. The van der Waals surface area contributed by atoms with Crippen LogP contribution < -0.4 is 21.9 Å². The number of carbonyl (C=O) groups is 3. The first-order chi connectivity index (χ1) is 15.6. The van der Waals surface area contributed by atoms with Crippen LogP contribution in [0.3, 0.4) is 0 Å². The quantitative estimate of drug-likeness (QED) is 0.409. The third kappa shape index (κ3) is 5.35. The number of nitrogens with two attached hydrogens (primary N) is 1. The number of nitrogens with zero attached hydrogens (tertiary/aromatic N) is 1. The fraction of sp³-hybridized carbons (Fsp3) is 0.364. The maximum Gasteiger partial charge on any atom is 0.310 e. The Morgan fingerprint density at radius 1 is 1.33 bits per heavy atom. The van der Waals surface area contributed by atoms with Gasteiger partial charge in [-0.05, 0) is 50.6 Å². The number of cyclic esters (lactones) is 1. The van der Waals surface area contributed by atoms with Crippen molar-refractivity contribution in [3.63, 3.8) is 0 Å². The normalized spacial score (nSPS) is 18.5. The van der Waals surface area contributed by atoms with Gasteiger partial charge in [-0.1, -0.05) is 11.6 Å². The Balaban J connectivity index is 1.80. The van der Waals surface area contributed by atoms with Crippen molar-refractivity contribution < 1.29 is 23.9 Å². The molecule has 3 atom stereocenters. The summed E-state index contributed by atoms with van der Waals surface area (Å²) in [5.74, 6) is -1.53. The highest BCUT2D eigenvalue weighted by atomic mass is 35.5. The maximum atomic E-state index is 13.1. The molecule has 4 N–H and O–H groups in total. The van der Waals surface area contributed by atoms with Crippen molar-refractivity contribution in [2.75, 3.05) is 17.7 Å². The number of halogens is 1. The highest BCUT2D eigenvalue weighted by Gasteiger charge is 2.37. The number of aromatic nitrogens is 1. The molecule has 10 nitrogen and oxygen atoms in total. The second kappa shape index (κ2) is 10.1. The molecule has 0 radical (unpaired) electrons. The zero-order valence-corrected chi connectivity index (χ0v) is 19.1. The zero-order chi connectivity index (χ0) is 24.3. The van der Waals surface area contributed by atoms with Gasteiger partial charge in [0.1, 0.15) is 17.8 Å². The molecule has 33 heavy (non-hydrogen) atoms. The molecule has 1 fully saturated rings. The second-order valence-electron chi connectivity index (χ2n) is 7.59. The van der Waals surface area contributed by atoms with Crippen LogP contribution in [0.4, 0.5) is 11.4 Å². The lowest BCUT2D eigenvalue weighted by molar-refractivity contribution is -0.164. The highest BCUT2D eigenvalue weighted by molar-refractivity contribution is 6.33. The van der Waals surface area contributed by atoms with Gasteiger partial charge in [-0.3, -0.25) is 19.2 Å². The van der Waals surface area contributed by atoms with Gasteiger partial charge in [0.2, 0.25) is 12.2 Å². The number of rotatable bonds is 7. The lowest BCUT2D eigenvalue weighted by Gasteiger charge is -2.22. The molecule has 3 rings (SSSR count). The lowest BCUT2D eigenvalue weighted by atomic mass is 10.1. The second-order valence-corrected chi connectivity index (χ2v) is 7.99. The minimum Gasteiger partial charge on any atom is -0.433 e. The maximum absolute atomic E-state index is 13.1. The molecule has 176 valence electrons. The molecule has 0 saturated carbocycles. The molecule has 11 heteroatoms. The number of anilines is 2. The molecule has 2 aromatic rings. The van der Waals surface area contributed by atoms with Gasteiger partial charge in [-0.15, -0.1) is 0 Å². The predicted molar refractivity (Wildman–Crippen MR) is 122 cm³/mol. The van der Waals surface area contributed by atoms with Crippen LogP contribution in [0.25, 0.3) is 0 Å². The van der Waals surface area contributed by atoms with Gasteiger partial charge in [0.25, 0.3) is 11.5 Å². The van der Waals surface area contributed by atoms with Crippen LogP contribution in [0, 0.1) is 6.92 Å². The van der Waals surface area contributed by atoms with Crippen LogP contribution in [0.1, 0.15) is 42.2 Å².